The highest BCUT2D eigenvalue weighted by Crippen LogP contribution is 2.12. The van der Waals surface area contributed by atoms with Crippen LogP contribution in [-0.2, 0) is 26.6 Å². The summed E-state index contributed by atoms with van der Waals surface area (Å²) < 4.78 is 1.84. The summed E-state index contributed by atoms with van der Waals surface area (Å²) in [6.07, 6.45) is 4.76. The lowest BCUT2D eigenvalue weighted by atomic mass is 10.4. The molecule has 0 atom stereocenters. The van der Waals surface area contributed by atoms with E-state index in [2.05, 4.69) is 32.6 Å². The van der Waals surface area contributed by atoms with Gasteiger partial charge in [-0.05, 0) is 12.5 Å². The molecule has 2 heterocycles. The molecule has 0 aliphatic carbocycles. The fourth-order valence-electron chi connectivity index (χ4n) is 1.72. The minimum Gasteiger partial charge on any atom is -0.351 e. The minimum absolute atomic E-state index is 0. The summed E-state index contributed by atoms with van der Waals surface area (Å²) in [6.45, 7) is 3.52. The van der Waals surface area contributed by atoms with Gasteiger partial charge in [0.05, 0.1) is 18.8 Å². The summed E-state index contributed by atoms with van der Waals surface area (Å²) >= 11 is 1.73. The zero-order chi connectivity index (χ0) is 14.4. The van der Waals surface area contributed by atoms with Gasteiger partial charge in [-0.1, -0.05) is 6.92 Å². The molecule has 0 unspecified atom stereocenters. The molecular weight excluding hydrogens is 399 g/mol. The van der Waals surface area contributed by atoms with Crippen molar-refractivity contribution in [1.82, 2.24) is 25.4 Å². The van der Waals surface area contributed by atoms with Crippen LogP contribution in [0.1, 0.15) is 22.5 Å². The van der Waals surface area contributed by atoms with Crippen LogP contribution in [0.4, 0.5) is 0 Å². The number of hydrogen-bond donors (Lipinski definition) is 2. The lowest BCUT2D eigenvalue weighted by Crippen LogP contribution is -2.36. The van der Waals surface area contributed by atoms with E-state index in [1.807, 2.05) is 24.0 Å². The van der Waals surface area contributed by atoms with Crippen molar-refractivity contribution in [2.24, 2.45) is 12.0 Å². The molecule has 2 rings (SSSR count). The van der Waals surface area contributed by atoms with Crippen molar-refractivity contribution < 1.29 is 0 Å². The van der Waals surface area contributed by atoms with Gasteiger partial charge in [0.2, 0.25) is 0 Å². The quantitative estimate of drug-likeness (QED) is 0.441. The number of halogens is 1. The Morgan fingerprint density at radius 2 is 2.14 bits per heavy atom. The van der Waals surface area contributed by atoms with Crippen LogP contribution in [0.3, 0.4) is 0 Å². The first-order valence-electron chi connectivity index (χ1n) is 6.58. The van der Waals surface area contributed by atoms with E-state index in [-0.39, 0.29) is 24.0 Å². The molecule has 0 bridgehead atoms. The molecule has 0 radical (unpaired) electrons. The molecule has 116 valence electrons. The molecule has 0 saturated heterocycles. The Labute approximate surface area is 146 Å². The van der Waals surface area contributed by atoms with E-state index < -0.39 is 0 Å². The van der Waals surface area contributed by atoms with Gasteiger partial charge in [-0.2, -0.15) is 5.10 Å². The highest BCUT2D eigenvalue weighted by molar-refractivity contribution is 14.0. The summed E-state index contributed by atoms with van der Waals surface area (Å²) in [7, 11) is 3.69. The molecular formula is C13H21IN6S. The first kappa shape index (κ1) is 17.9. The van der Waals surface area contributed by atoms with Crippen molar-refractivity contribution in [3.63, 3.8) is 0 Å². The average molecular weight is 420 g/mol. The molecule has 0 amide bonds. The van der Waals surface area contributed by atoms with Crippen molar-refractivity contribution >= 4 is 41.3 Å². The number of aryl methyl sites for hydroxylation is 2. The van der Waals surface area contributed by atoms with E-state index in [0.29, 0.717) is 13.1 Å². The third-order valence-electron chi connectivity index (χ3n) is 2.94. The van der Waals surface area contributed by atoms with Crippen LogP contribution in [-0.4, -0.2) is 27.8 Å². The third kappa shape index (κ3) is 5.27. The predicted molar refractivity (Wildman–Crippen MR) is 97.2 cm³/mol. The zero-order valence-corrected chi connectivity index (χ0v) is 15.6. The van der Waals surface area contributed by atoms with Crippen LogP contribution in [0.15, 0.2) is 23.5 Å². The molecule has 21 heavy (non-hydrogen) atoms. The molecule has 0 aliphatic rings. The minimum atomic E-state index is 0. The van der Waals surface area contributed by atoms with E-state index in [1.54, 1.807) is 24.6 Å². The van der Waals surface area contributed by atoms with Crippen molar-refractivity contribution in [2.45, 2.75) is 26.4 Å². The average Bonchev–Trinajstić information content (AvgIpc) is 3.08. The van der Waals surface area contributed by atoms with E-state index >= 15 is 0 Å². The second-order valence-electron chi connectivity index (χ2n) is 4.30. The highest BCUT2D eigenvalue weighted by atomic mass is 127. The van der Waals surface area contributed by atoms with Gasteiger partial charge in [0.25, 0.3) is 0 Å². The lowest BCUT2D eigenvalue weighted by molar-refractivity contribution is 0.684. The second kappa shape index (κ2) is 8.98. The lowest BCUT2D eigenvalue weighted by Gasteiger charge is -2.10. The number of aromatic nitrogens is 3. The van der Waals surface area contributed by atoms with Crippen LogP contribution >= 0.6 is 35.3 Å². The van der Waals surface area contributed by atoms with Crippen LogP contribution in [0.2, 0.25) is 0 Å². The maximum Gasteiger partial charge on any atom is 0.191 e. The molecule has 0 spiro atoms. The van der Waals surface area contributed by atoms with Crippen LogP contribution in [0.5, 0.6) is 0 Å². The van der Waals surface area contributed by atoms with Gasteiger partial charge in [-0.3, -0.25) is 9.67 Å². The normalized spacial score (nSPS) is 11.1. The number of nitrogens with one attached hydrogen (secondary N) is 2. The number of guanidine groups is 1. The maximum absolute atomic E-state index is 4.38. The Balaban J connectivity index is 0.00000220. The largest absolute Gasteiger partial charge is 0.351 e. The number of rotatable bonds is 5. The van der Waals surface area contributed by atoms with Crippen LogP contribution in [0.25, 0.3) is 0 Å². The molecule has 6 nitrogen and oxygen atoms in total. The Morgan fingerprint density at radius 1 is 1.38 bits per heavy atom. The molecule has 0 fully saturated rings. The summed E-state index contributed by atoms with van der Waals surface area (Å²) in [5.41, 5.74) is 1.11. The van der Waals surface area contributed by atoms with E-state index in [4.69, 9.17) is 0 Å². The predicted octanol–water partition coefficient (Wildman–Crippen LogP) is 1.92. The Morgan fingerprint density at radius 3 is 2.71 bits per heavy atom. The van der Waals surface area contributed by atoms with E-state index in [0.717, 1.165) is 23.1 Å². The number of hydrogen-bond acceptors (Lipinski definition) is 4. The van der Waals surface area contributed by atoms with Gasteiger partial charge in [-0.15, -0.1) is 35.3 Å². The SMILES string of the molecule is CCc1cnc(CNC(=NC)NCc2ccnn2C)s1.I. The molecule has 2 aromatic heterocycles. The summed E-state index contributed by atoms with van der Waals surface area (Å²) in [5, 5.41) is 11.7. The fraction of sp³-hybridized carbons (Fsp3) is 0.462. The molecule has 2 N–H and O–H groups in total. The number of thiazole rings is 1. The van der Waals surface area contributed by atoms with E-state index in [1.165, 1.54) is 4.88 Å². The van der Waals surface area contributed by atoms with Gasteiger partial charge < -0.3 is 10.6 Å². The van der Waals surface area contributed by atoms with E-state index in [9.17, 15) is 0 Å². The van der Waals surface area contributed by atoms with Crippen molar-refractivity contribution in [3.8, 4) is 0 Å². The molecule has 8 heteroatoms. The smallest absolute Gasteiger partial charge is 0.191 e. The highest BCUT2D eigenvalue weighted by Gasteiger charge is 2.04. The molecule has 0 saturated carbocycles. The van der Waals surface area contributed by atoms with Crippen molar-refractivity contribution in [1.29, 1.82) is 0 Å². The Bertz CT molecular complexity index is 577. The number of aliphatic imine (C=N–C) groups is 1. The van der Waals surface area contributed by atoms with Gasteiger partial charge in [-0.25, -0.2) is 4.98 Å². The van der Waals surface area contributed by atoms with Gasteiger partial charge in [0.15, 0.2) is 5.96 Å². The maximum atomic E-state index is 4.38. The third-order valence-corrected chi connectivity index (χ3v) is 4.08. The number of nitrogens with zero attached hydrogens (tertiary/aromatic N) is 4. The standard InChI is InChI=1S/C13H20N6S.HI/c1-4-11-8-15-12(20-11)9-17-13(14-2)16-7-10-5-6-18-19(10)3;/h5-6,8H,4,7,9H2,1-3H3,(H2,14,16,17);1H. The monoisotopic (exact) mass is 420 g/mol. The molecule has 0 aliphatic heterocycles. The second-order valence-corrected chi connectivity index (χ2v) is 5.50. The van der Waals surface area contributed by atoms with Crippen molar-refractivity contribution in [2.75, 3.05) is 7.05 Å². The summed E-state index contributed by atoms with van der Waals surface area (Å²) in [6, 6.07) is 1.98. The first-order chi connectivity index (χ1) is 9.72. The van der Waals surface area contributed by atoms with Gasteiger partial charge >= 0.3 is 0 Å². The topological polar surface area (TPSA) is 67.1 Å². The fourth-order valence-corrected chi connectivity index (χ4v) is 2.52. The van der Waals surface area contributed by atoms with Crippen LogP contribution in [0, 0.1) is 0 Å². The Hall–Kier alpha value is -1.16. The zero-order valence-electron chi connectivity index (χ0n) is 12.5. The van der Waals surface area contributed by atoms with Crippen molar-refractivity contribution in [3.05, 3.63) is 34.0 Å². The van der Waals surface area contributed by atoms with Gasteiger partial charge in [0.1, 0.15) is 5.01 Å². The molecule has 0 aromatic carbocycles. The Kier molecular flexibility index (Phi) is 7.65. The van der Waals surface area contributed by atoms with Crippen LogP contribution < -0.4 is 10.6 Å². The summed E-state index contributed by atoms with van der Waals surface area (Å²) in [4.78, 5) is 9.88. The molecule has 2 aromatic rings. The first-order valence-corrected chi connectivity index (χ1v) is 7.39. The van der Waals surface area contributed by atoms with Gasteiger partial charge in [0, 0.05) is 31.4 Å². The summed E-state index contributed by atoms with van der Waals surface area (Å²) in [5.74, 6) is 0.763.